The minimum atomic E-state index is -0.111. The molecule has 1 saturated carbocycles. The molecule has 0 aromatic heterocycles. The molecule has 1 aromatic rings. The number of rotatable bonds is 4. The highest BCUT2D eigenvalue weighted by molar-refractivity contribution is 6.35. The Bertz CT molecular complexity index is 376. The van der Waals surface area contributed by atoms with E-state index < -0.39 is 0 Å². The van der Waals surface area contributed by atoms with Crippen molar-refractivity contribution in [2.24, 2.45) is 5.92 Å². The van der Waals surface area contributed by atoms with Crippen LogP contribution < -0.4 is 4.74 Å². The SMILES string of the molecule is OCc1cc(Cl)cc(Cl)c1OCC1CCC1. The number of ether oxygens (including phenoxy) is 1. The highest BCUT2D eigenvalue weighted by atomic mass is 35.5. The Morgan fingerprint density at radius 3 is 2.62 bits per heavy atom. The molecule has 0 saturated heterocycles. The summed E-state index contributed by atoms with van der Waals surface area (Å²) in [5.41, 5.74) is 0.650. The van der Waals surface area contributed by atoms with Gasteiger partial charge in [-0.3, -0.25) is 0 Å². The lowest BCUT2D eigenvalue weighted by atomic mass is 9.86. The van der Waals surface area contributed by atoms with Crippen LogP contribution in [0, 0.1) is 5.92 Å². The van der Waals surface area contributed by atoms with Gasteiger partial charge in [-0.25, -0.2) is 0 Å². The second-order valence-electron chi connectivity index (χ2n) is 4.14. The van der Waals surface area contributed by atoms with Crippen molar-refractivity contribution in [3.8, 4) is 5.75 Å². The first kappa shape index (κ1) is 12.0. The zero-order chi connectivity index (χ0) is 11.5. The van der Waals surface area contributed by atoms with Gasteiger partial charge in [0.2, 0.25) is 0 Å². The third kappa shape index (κ3) is 2.62. The summed E-state index contributed by atoms with van der Waals surface area (Å²) in [6, 6.07) is 3.32. The molecule has 1 aliphatic rings. The fourth-order valence-electron chi connectivity index (χ4n) is 1.75. The molecule has 0 bridgehead atoms. The van der Waals surface area contributed by atoms with Gasteiger partial charge < -0.3 is 9.84 Å². The van der Waals surface area contributed by atoms with Gasteiger partial charge in [-0.05, 0) is 30.9 Å². The lowest BCUT2D eigenvalue weighted by Gasteiger charge is -2.26. The number of hydrogen-bond acceptors (Lipinski definition) is 2. The molecular formula is C12H14Cl2O2. The maximum Gasteiger partial charge on any atom is 0.143 e. The largest absolute Gasteiger partial charge is 0.491 e. The smallest absolute Gasteiger partial charge is 0.143 e. The predicted molar refractivity (Wildman–Crippen MR) is 65.2 cm³/mol. The van der Waals surface area contributed by atoms with E-state index in [1.54, 1.807) is 12.1 Å². The van der Waals surface area contributed by atoms with Crippen molar-refractivity contribution in [2.75, 3.05) is 6.61 Å². The van der Waals surface area contributed by atoms with Gasteiger partial charge in [0.05, 0.1) is 18.2 Å². The van der Waals surface area contributed by atoms with Crippen molar-refractivity contribution >= 4 is 23.2 Å². The molecule has 1 aromatic carbocycles. The Balaban J connectivity index is 2.10. The number of halogens is 2. The minimum Gasteiger partial charge on any atom is -0.491 e. The van der Waals surface area contributed by atoms with E-state index >= 15 is 0 Å². The topological polar surface area (TPSA) is 29.5 Å². The molecule has 1 fully saturated rings. The summed E-state index contributed by atoms with van der Waals surface area (Å²) >= 11 is 11.9. The number of aliphatic hydroxyl groups is 1. The van der Waals surface area contributed by atoms with Crippen molar-refractivity contribution in [1.29, 1.82) is 0 Å². The fourth-order valence-corrected chi connectivity index (χ4v) is 2.34. The van der Waals surface area contributed by atoms with Crippen LogP contribution in [0.15, 0.2) is 12.1 Å². The molecule has 2 nitrogen and oxygen atoms in total. The van der Waals surface area contributed by atoms with Crippen LogP contribution in [-0.2, 0) is 6.61 Å². The Kier molecular flexibility index (Phi) is 3.95. The summed E-state index contributed by atoms with van der Waals surface area (Å²) in [6.45, 7) is 0.564. The molecule has 0 radical (unpaired) electrons. The van der Waals surface area contributed by atoms with Crippen LogP contribution in [0.3, 0.4) is 0 Å². The van der Waals surface area contributed by atoms with E-state index in [-0.39, 0.29) is 6.61 Å². The molecule has 2 rings (SSSR count). The zero-order valence-corrected chi connectivity index (χ0v) is 10.4. The van der Waals surface area contributed by atoms with Gasteiger partial charge in [-0.1, -0.05) is 29.6 Å². The van der Waals surface area contributed by atoms with Gasteiger partial charge in [0.15, 0.2) is 0 Å². The lowest BCUT2D eigenvalue weighted by Crippen LogP contribution is -2.19. The third-order valence-electron chi connectivity index (χ3n) is 2.94. The average molecular weight is 261 g/mol. The molecule has 16 heavy (non-hydrogen) atoms. The summed E-state index contributed by atoms with van der Waals surface area (Å²) in [5.74, 6) is 1.21. The summed E-state index contributed by atoms with van der Waals surface area (Å²) < 4.78 is 5.67. The molecule has 0 aliphatic heterocycles. The number of hydrogen-bond donors (Lipinski definition) is 1. The second kappa shape index (κ2) is 5.26. The van der Waals surface area contributed by atoms with Gasteiger partial charge >= 0.3 is 0 Å². The van der Waals surface area contributed by atoms with Gasteiger partial charge in [0, 0.05) is 10.6 Å². The first-order valence-corrected chi connectivity index (χ1v) is 6.18. The second-order valence-corrected chi connectivity index (χ2v) is 4.99. The van der Waals surface area contributed by atoms with Crippen molar-refractivity contribution in [2.45, 2.75) is 25.9 Å². The normalized spacial score (nSPS) is 15.9. The van der Waals surface area contributed by atoms with Crippen molar-refractivity contribution in [1.82, 2.24) is 0 Å². The highest BCUT2D eigenvalue weighted by Gasteiger charge is 2.19. The quantitative estimate of drug-likeness (QED) is 0.896. The molecule has 0 unspecified atom stereocenters. The predicted octanol–water partition coefficient (Wildman–Crippen LogP) is 3.66. The number of benzene rings is 1. The van der Waals surface area contributed by atoms with E-state index in [0.717, 1.165) is 0 Å². The van der Waals surface area contributed by atoms with Crippen molar-refractivity contribution in [3.63, 3.8) is 0 Å². The van der Waals surface area contributed by atoms with E-state index in [4.69, 9.17) is 27.9 Å². The molecule has 0 heterocycles. The van der Waals surface area contributed by atoms with E-state index in [1.807, 2.05) is 0 Å². The Morgan fingerprint density at radius 2 is 2.06 bits per heavy atom. The molecule has 88 valence electrons. The van der Waals surface area contributed by atoms with Gasteiger partial charge in [0.1, 0.15) is 5.75 Å². The summed E-state index contributed by atoms with van der Waals surface area (Å²) in [4.78, 5) is 0. The first-order valence-electron chi connectivity index (χ1n) is 5.42. The summed E-state index contributed by atoms with van der Waals surface area (Å²) in [6.07, 6.45) is 3.73. The lowest BCUT2D eigenvalue weighted by molar-refractivity contribution is 0.176. The van der Waals surface area contributed by atoms with Crippen LogP contribution in [0.2, 0.25) is 10.0 Å². The minimum absolute atomic E-state index is 0.111. The standard InChI is InChI=1S/C12H14Cl2O2/c13-10-4-9(6-15)12(11(14)5-10)16-7-8-2-1-3-8/h4-5,8,15H,1-3,6-7H2. The molecular weight excluding hydrogens is 247 g/mol. The van der Waals surface area contributed by atoms with E-state index in [1.165, 1.54) is 19.3 Å². The van der Waals surface area contributed by atoms with Crippen LogP contribution >= 0.6 is 23.2 Å². The van der Waals surface area contributed by atoms with E-state index in [0.29, 0.717) is 33.9 Å². The van der Waals surface area contributed by atoms with Gasteiger partial charge in [-0.15, -0.1) is 0 Å². The maximum atomic E-state index is 9.21. The zero-order valence-electron chi connectivity index (χ0n) is 8.88. The molecule has 1 N–H and O–H groups in total. The van der Waals surface area contributed by atoms with E-state index in [9.17, 15) is 5.11 Å². The van der Waals surface area contributed by atoms with Crippen LogP contribution in [0.25, 0.3) is 0 Å². The van der Waals surface area contributed by atoms with Crippen molar-refractivity contribution in [3.05, 3.63) is 27.7 Å². The van der Waals surface area contributed by atoms with Gasteiger partial charge in [0.25, 0.3) is 0 Å². The Labute approximate surface area is 105 Å². The molecule has 1 aliphatic carbocycles. The monoisotopic (exact) mass is 260 g/mol. The van der Waals surface area contributed by atoms with Gasteiger partial charge in [-0.2, -0.15) is 0 Å². The summed E-state index contributed by atoms with van der Waals surface area (Å²) in [5, 5.41) is 10.2. The number of aliphatic hydroxyl groups excluding tert-OH is 1. The molecule has 0 atom stereocenters. The first-order chi connectivity index (χ1) is 7.70. The molecule has 0 amide bonds. The fraction of sp³-hybridized carbons (Fsp3) is 0.500. The van der Waals surface area contributed by atoms with E-state index in [2.05, 4.69) is 0 Å². The van der Waals surface area contributed by atoms with Crippen molar-refractivity contribution < 1.29 is 9.84 Å². The molecule has 4 heteroatoms. The average Bonchev–Trinajstić information content (AvgIpc) is 2.17. The third-order valence-corrected chi connectivity index (χ3v) is 3.44. The highest BCUT2D eigenvalue weighted by Crippen LogP contribution is 2.34. The van der Waals surface area contributed by atoms with Crippen LogP contribution in [0.4, 0.5) is 0 Å². The van der Waals surface area contributed by atoms with Crippen LogP contribution in [0.5, 0.6) is 5.75 Å². The summed E-state index contributed by atoms with van der Waals surface area (Å²) in [7, 11) is 0. The van der Waals surface area contributed by atoms with Crippen LogP contribution in [0.1, 0.15) is 24.8 Å². The molecule has 0 spiro atoms. The Morgan fingerprint density at radius 1 is 1.31 bits per heavy atom. The maximum absolute atomic E-state index is 9.21. The van der Waals surface area contributed by atoms with Crippen LogP contribution in [-0.4, -0.2) is 11.7 Å². The Hall–Kier alpha value is -0.440.